The molecule has 0 aliphatic carbocycles. The van der Waals surface area contributed by atoms with Crippen LogP contribution in [0.15, 0.2) is 36.8 Å². The number of amides is 1. The first kappa shape index (κ1) is 10.7. The lowest BCUT2D eigenvalue weighted by Gasteiger charge is -2.02. The van der Waals surface area contributed by atoms with Gasteiger partial charge in [0.05, 0.1) is 23.5 Å². The summed E-state index contributed by atoms with van der Waals surface area (Å²) < 4.78 is 0. The minimum Gasteiger partial charge on any atom is -0.307 e. The van der Waals surface area contributed by atoms with Crippen LogP contribution in [0.3, 0.4) is 0 Å². The number of hydrogen-bond donors (Lipinski definition) is 1. The van der Waals surface area contributed by atoms with Gasteiger partial charge in [0.15, 0.2) is 0 Å². The standard InChI is InChI=1S/C11H7N5O/c12-5-8-1-2-10(13-6-8)16-11(17)9-3-4-14-15-7-9/h1-4,6-7H,(H,13,16,17). The lowest BCUT2D eigenvalue weighted by Crippen LogP contribution is -2.13. The van der Waals surface area contributed by atoms with E-state index in [9.17, 15) is 4.79 Å². The fourth-order valence-electron chi connectivity index (χ4n) is 1.15. The first-order valence-corrected chi connectivity index (χ1v) is 4.74. The van der Waals surface area contributed by atoms with Crippen molar-refractivity contribution in [2.75, 3.05) is 5.32 Å². The zero-order valence-corrected chi connectivity index (χ0v) is 8.66. The van der Waals surface area contributed by atoms with E-state index in [0.717, 1.165) is 0 Å². The van der Waals surface area contributed by atoms with Crippen molar-refractivity contribution >= 4 is 11.7 Å². The second kappa shape index (κ2) is 4.81. The molecule has 0 spiro atoms. The molecule has 17 heavy (non-hydrogen) atoms. The summed E-state index contributed by atoms with van der Waals surface area (Å²) in [7, 11) is 0. The predicted octanol–water partition coefficient (Wildman–Crippen LogP) is 0.996. The van der Waals surface area contributed by atoms with Crippen molar-refractivity contribution in [2.24, 2.45) is 0 Å². The fraction of sp³-hybridized carbons (Fsp3) is 0. The van der Waals surface area contributed by atoms with Crippen molar-refractivity contribution in [3.8, 4) is 6.07 Å². The van der Waals surface area contributed by atoms with Crippen LogP contribution < -0.4 is 5.32 Å². The topological polar surface area (TPSA) is 91.6 Å². The van der Waals surface area contributed by atoms with E-state index in [1.807, 2.05) is 6.07 Å². The Morgan fingerprint density at radius 3 is 2.71 bits per heavy atom. The Kier molecular flexibility index (Phi) is 3.03. The Morgan fingerprint density at radius 1 is 1.24 bits per heavy atom. The van der Waals surface area contributed by atoms with E-state index in [4.69, 9.17) is 5.26 Å². The van der Waals surface area contributed by atoms with Gasteiger partial charge in [-0.05, 0) is 18.2 Å². The van der Waals surface area contributed by atoms with Gasteiger partial charge in [-0.3, -0.25) is 4.79 Å². The molecule has 0 saturated heterocycles. The van der Waals surface area contributed by atoms with Crippen LogP contribution in [-0.2, 0) is 0 Å². The summed E-state index contributed by atoms with van der Waals surface area (Å²) >= 11 is 0. The molecule has 0 fully saturated rings. The van der Waals surface area contributed by atoms with Gasteiger partial charge in [-0.15, -0.1) is 0 Å². The first-order valence-electron chi connectivity index (χ1n) is 4.74. The normalized spacial score (nSPS) is 9.35. The van der Waals surface area contributed by atoms with Crippen molar-refractivity contribution < 1.29 is 4.79 Å². The minimum atomic E-state index is -0.322. The maximum absolute atomic E-state index is 11.7. The summed E-state index contributed by atoms with van der Waals surface area (Å²) in [5, 5.41) is 18.4. The van der Waals surface area contributed by atoms with Gasteiger partial charge in [0.25, 0.3) is 5.91 Å². The fourth-order valence-corrected chi connectivity index (χ4v) is 1.15. The molecule has 0 atom stereocenters. The van der Waals surface area contributed by atoms with Gasteiger partial charge >= 0.3 is 0 Å². The van der Waals surface area contributed by atoms with Gasteiger partial charge in [0, 0.05) is 6.20 Å². The van der Waals surface area contributed by atoms with Gasteiger partial charge in [0.1, 0.15) is 11.9 Å². The predicted molar refractivity (Wildman–Crippen MR) is 58.9 cm³/mol. The third-order valence-electron chi connectivity index (χ3n) is 1.98. The van der Waals surface area contributed by atoms with E-state index in [1.165, 1.54) is 18.6 Å². The molecule has 82 valence electrons. The Morgan fingerprint density at radius 2 is 2.12 bits per heavy atom. The molecule has 0 unspecified atom stereocenters. The second-order valence-corrected chi connectivity index (χ2v) is 3.13. The molecule has 0 aliphatic rings. The van der Waals surface area contributed by atoms with Crippen molar-refractivity contribution in [3.63, 3.8) is 0 Å². The molecular weight excluding hydrogens is 218 g/mol. The number of carbonyl (C=O) groups excluding carboxylic acids is 1. The number of hydrogen-bond acceptors (Lipinski definition) is 5. The van der Waals surface area contributed by atoms with Crippen LogP contribution in [-0.4, -0.2) is 21.1 Å². The van der Waals surface area contributed by atoms with Crippen LogP contribution in [0.2, 0.25) is 0 Å². The molecule has 2 rings (SSSR count). The first-order chi connectivity index (χ1) is 8.29. The second-order valence-electron chi connectivity index (χ2n) is 3.13. The number of carbonyl (C=O) groups is 1. The lowest BCUT2D eigenvalue weighted by molar-refractivity contribution is 0.102. The van der Waals surface area contributed by atoms with Gasteiger partial charge in [0.2, 0.25) is 0 Å². The van der Waals surface area contributed by atoms with Crippen molar-refractivity contribution in [1.82, 2.24) is 15.2 Å². The minimum absolute atomic E-state index is 0.322. The van der Waals surface area contributed by atoms with Crippen LogP contribution in [0.5, 0.6) is 0 Å². The highest BCUT2D eigenvalue weighted by molar-refractivity contribution is 6.03. The highest BCUT2D eigenvalue weighted by Crippen LogP contribution is 2.06. The molecule has 1 N–H and O–H groups in total. The quantitative estimate of drug-likeness (QED) is 0.822. The molecule has 0 bridgehead atoms. The zero-order chi connectivity index (χ0) is 12.1. The monoisotopic (exact) mass is 225 g/mol. The molecule has 0 aromatic carbocycles. The Labute approximate surface area is 96.9 Å². The summed E-state index contributed by atoms with van der Waals surface area (Å²) in [5.41, 5.74) is 0.833. The molecule has 2 aromatic heterocycles. The van der Waals surface area contributed by atoms with E-state index in [2.05, 4.69) is 20.5 Å². The molecule has 6 nitrogen and oxygen atoms in total. The summed E-state index contributed by atoms with van der Waals surface area (Å²) in [6.07, 6.45) is 4.18. The molecule has 6 heteroatoms. The van der Waals surface area contributed by atoms with E-state index in [1.54, 1.807) is 18.2 Å². The Hall–Kier alpha value is -2.81. The van der Waals surface area contributed by atoms with Crippen LogP contribution in [0.25, 0.3) is 0 Å². The molecule has 0 saturated carbocycles. The van der Waals surface area contributed by atoms with Crippen LogP contribution in [0.4, 0.5) is 5.82 Å². The number of nitrogens with zero attached hydrogens (tertiary/aromatic N) is 4. The van der Waals surface area contributed by atoms with Gasteiger partial charge in [-0.25, -0.2) is 4.98 Å². The van der Waals surface area contributed by atoms with Crippen molar-refractivity contribution in [1.29, 1.82) is 5.26 Å². The third kappa shape index (κ3) is 2.60. The van der Waals surface area contributed by atoms with Crippen LogP contribution in [0.1, 0.15) is 15.9 Å². The average Bonchev–Trinajstić information content (AvgIpc) is 2.40. The van der Waals surface area contributed by atoms with E-state index in [0.29, 0.717) is 16.9 Å². The number of nitriles is 1. The largest absolute Gasteiger partial charge is 0.307 e. The number of pyridine rings is 1. The number of anilines is 1. The number of rotatable bonds is 2. The van der Waals surface area contributed by atoms with E-state index >= 15 is 0 Å². The van der Waals surface area contributed by atoms with Crippen LogP contribution >= 0.6 is 0 Å². The molecule has 0 radical (unpaired) electrons. The highest BCUT2D eigenvalue weighted by atomic mass is 16.1. The number of nitrogens with one attached hydrogen (secondary N) is 1. The smallest absolute Gasteiger partial charge is 0.258 e. The Bertz CT molecular complexity index is 559. The summed E-state index contributed by atoms with van der Waals surface area (Å²) in [6.45, 7) is 0. The molecule has 0 aliphatic heterocycles. The maximum Gasteiger partial charge on any atom is 0.258 e. The molecule has 2 heterocycles. The van der Waals surface area contributed by atoms with Crippen molar-refractivity contribution in [3.05, 3.63) is 47.9 Å². The van der Waals surface area contributed by atoms with E-state index < -0.39 is 0 Å². The SMILES string of the molecule is N#Cc1ccc(NC(=O)c2ccnnc2)nc1. The lowest BCUT2D eigenvalue weighted by atomic mass is 10.3. The average molecular weight is 225 g/mol. The summed E-state index contributed by atoms with van der Waals surface area (Å²) in [4.78, 5) is 15.6. The molecule has 1 amide bonds. The highest BCUT2D eigenvalue weighted by Gasteiger charge is 2.06. The molecular formula is C11H7N5O. The van der Waals surface area contributed by atoms with Crippen molar-refractivity contribution in [2.45, 2.75) is 0 Å². The van der Waals surface area contributed by atoms with Gasteiger partial charge in [-0.1, -0.05) is 0 Å². The van der Waals surface area contributed by atoms with E-state index in [-0.39, 0.29) is 5.91 Å². The number of aromatic nitrogens is 3. The zero-order valence-electron chi connectivity index (χ0n) is 8.66. The van der Waals surface area contributed by atoms with Gasteiger partial charge < -0.3 is 5.32 Å². The van der Waals surface area contributed by atoms with Gasteiger partial charge in [-0.2, -0.15) is 15.5 Å². The maximum atomic E-state index is 11.7. The summed E-state index contributed by atoms with van der Waals surface area (Å²) in [6, 6.07) is 6.63. The molecule has 2 aromatic rings. The van der Waals surface area contributed by atoms with Crippen LogP contribution in [0, 0.1) is 11.3 Å². The third-order valence-corrected chi connectivity index (χ3v) is 1.98. The summed E-state index contributed by atoms with van der Waals surface area (Å²) in [5.74, 6) is 0.0583. The Balaban J connectivity index is 2.11.